The molecule has 8 nitrogen and oxygen atoms in total. The third kappa shape index (κ3) is 4.71. The molecule has 4 heterocycles. The molecule has 4 aliphatic rings. The summed E-state index contributed by atoms with van der Waals surface area (Å²) < 4.78 is 6.81. The highest BCUT2D eigenvalue weighted by atomic mass is 35.5. The van der Waals surface area contributed by atoms with Crippen LogP contribution in [0.1, 0.15) is 11.1 Å². The Morgan fingerprint density at radius 1 is 0.889 bits per heavy atom. The van der Waals surface area contributed by atoms with Crippen molar-refractivity contribution in [3.8, 4) is 0 Å². The summed E-state index contributed by atoms with van der Waals surface area (Å²) in [5, 5.41) is 11.2. The lowest BCUT2D eigenvalue weighted by Gasteiger charge is -2.39. The molecule has 2 saturated heterocycles. The fourth-order valence-electron chi connectivity index (χ4n) is 7.61. The van der Waals surface area contributed by atoms with Gasteiger partial charge in [-0.15, -0.1) is 0 Å². The minimum atomic E-state index is -1.43. The van der Waals surface area contributed by atoms with E-state index in [9.17, 15) is 19.5 Å². The molecule has 4 aliphatic heterocycles. The molecule has 1 unspecified atom stereocenters. The summed E-state index contributed by atoms with van der Waals surface area (Å²) in [5.41, 5.74) is 1.57. The quantitative estimate of drug-likeness (QED) is 0.413. The molecule has 0 saturated carbocycles. The van der Waals surface area contributed by atoms with Crippen molar-refractivity contribution < 1.29 is 24.2 Å². The zero-order chi connectivity index (χ0) is 31.3. The highest BCUT2D eigenvalue weighted by Crippen LogP contribution is 2.54. The molecule has 3 aromatic carbocycles. The summed E-state index contributed by atoms with van der Waals surface area (Å²) in [5.74, 6) is -2.84. The number of aliphatic hydroxyl groups is 1. The number of benzene rings is 3. The second kappa shape index (κ2) is 11.6. The van der Waals surface area contributed by atoms with Crippen molar-refractivity contribution in [3.05, 3.63) is 119 Å². The lowest BCUT2D eigenvalue weighted by atomic mass is 9.77. The molecule has 0 bridgehead atoms. The highest BCUT2D eigenvalue weighted by molar-refractivity contribution is 6.34. The topological polar surface area (TPSA) is 90.4 Å². The molecule has 3 aromatic rings. The summed E-state index contributed by atoms with van der Waals surface area (Å²) in [6.07, 6.45) is 6.99. The first-order chi connectivity index (χ1) is 21.9. The zero-order valence-corrected chi connectivity index (χ0v) is 25.6. The SMILES string of the molecule is Cc1cccc(Cl)c1N1CC=C[C@]23O[C@@H]4C=CCN(c5ccccc5)C(=O)[C@@H]4[C@H]2C(=O)N([C@@H](CO)Cc2ccccc2)C3C1=O. The molecule has 1 N–H and O–H groups in total. The van der Waals surface area contributed by atoms with E-state index in [1.165, 1.54) is 4.90 Å². The van der Waals surface area contributed by atoms with Crippen molar-refractivity contribution in [3.63, 3.8) is 0 Å². The van der Waals surface area contributed by atoms with Crippen molar-refractivity contribution in [2.45, 2.75) is 37.1 Å². The van der Waals surface area contributed by atoms with Crippen molar-refractivity contribution in [1.82, 2.24) is 4.90 Å². The van der Waals surface area contributed by atoms with Crippen LogP contribution < -0.4 is 9.80 Å². The van der Waals surface area contributed by atoms with E-state index in [2.05, 4.69) is 0 Å². The normalized spacial score (nSPS) is 28.1. The van der Waals surface area contributed by atoms with E-state index >= 15 is 0 Å². The number of amides is 3. The molecule has 3 amide bonds. The standard InChI is InChI=1S/C36H34ClN3O5/c1-23-11-8-16-27(37)31(23)39-20-10-18-36-30(29-28(45-36)17-9-19-38(33(29)42)25-14-6-3-7-15-25)34(43)40(32(36)35(39)44)26(22-41)21-24-12-4-2-5-13-24/h2-18,26,28-30,32,41H,19-22H2,1H3/t26-,28-,29+,30+,32?,36+/m1/s1. The van der Waals surface area contributed by atoms with E-state index in [4.69, 9.17) is 16.3 Å². The Bertz CT molecular complexity index is 1670. The van der Waals surface area contributed by atoms with E-state index in [0.717, 1.165) is 16.8 Å². The molecular weight excluding hydrogens is 590 g/mol. The van der Waals surface area contributed by atoms with Gasteiger partial charge in [-0.2, -0.15) is 0 Å². The van der Waals surface area contributed by atoms with E-state index < -0.39 is 35.6 Å². The third-order valence-electron chi connectivity index (χ3n) is 9.54. The van der Waals surface area contributed by atoms with Crippen LogP contribution >= 0.6 is 11.6 Å². The summed E-state index contributed by atoms with van der Waals surface area (Å²) >= 11 is 6.68. The van der Waals surface area contributed by atoms with Gasteiger partial charge in [-0.3, -0.25) is 14.4 Å². The van der Waals surface area contributed by atoms with Crippen LogP contribution in [0.15, 0.2) is 103 Å². The van der Waals surface area contributed by atoms with Crippen LogP contribution in [0, 0.1) is 18.8 Å². The smallest absolute Gasteiger partial charge is 0.253 e. The minimum Gasteiger partial charge on any atom is -0.394 e. The van der Waals surface area contributed by atoms with Gasteiger partial charge in [-0.25, -0.2) is 0 Å². The predicted octanol–water partition coefficient (Wildman–Crippen LogP) is 4.34. The number of carbonyl (C=O) groups is 3. The molecular formula is C36H34ClN3O5. The molecule has 0 aliphatic carbocycles. The summed E-state index contributed by atoms with van der Waals surface area (Å²) in [6, 6.07) is 22.5. The van der Waals surface area contributed by atoms with E-state index in [1.54, 1.807) is 15.9 Å². The maximum atomic E-state index is 14.9. The lowest BCUT2D eigenvalue weighted by Crippen LogP contribution is -2.58. The molecule has 7 rings (SSSR count). The van der Waals surface area contributed by atoms with Gasteiger partial charge in [-0.1, -0.05) is 96.6 Å². The predicted molar refractivity (Wildman–Crippen MR) is 172 cm³/mol. The molecule has 9 heteroatoms. The largest absolute Gasteiger partial charge is 0.394 e. The maximum Gasteiger partial charge on any atom is 0.253 e. The van der Waals surface area contributed by atoms with Crippen LogP contribution in [-0.4, -0.2) is 71.2 Å². The fraction of sp³-hybridized carbons (Fsp3) is 0.306. The van der Waals surface area contributed by atoms with Crippen molar-refractivity contribution >= 4 is 40.7 Å². The number of carbonyl (C=O) groups excluding carboxylic acids is 3. The fourth-order valence-corrected chi connectivity index (χ4v) is 7.94. The number of nitrogens with zero attached hydrogens (tertiary/aromatic N) is 3. The Kier molecular flexibility index (Phi) is 7.60. The summed E-state index contributed by atoms with van der Waals surface area (Å²) in [6.45, 7) is 2.05. The van der Waals surface area contributed by atoms with Crippen LogP contribution in [0.25, 0.3) is 0 Å². The van der Waals surface area contributed by atoms with Crippen molar-refractivity contribution in [1.29, 1.82) is 0 Å². The van der Waals surface area contributed by atoms with E-state index in [0.29, 0.717) is 23.7 Å². The number of para-hydroxylation sites is 2. The number of ether oxygens (including phenoxy) is 1. The molecule has 0 radical (unpaired) electrons. The Morgan fingerprint density at radius 3 is 2.31 bits per heavy atom. The van der Waals surface area contributed by atoms with E-state index in [-0.39, 0.29) is 30.9 Å². The first-order valence-corrected chi connectivity index (χ1v) is 15.7. The Balaban J connectivity index is 1.36. The average Bonchev–Trinajstić information content (AvgIpc) is 3.37. The van der Waals surface area contributed by atoms with Crippen LogP contribution in [0.3, 0.4) is 0 Å². The Hall–Kier alpha value is -4.24. The van der Waals surface area contributed by atoms with Gasteiger partial charge in [0, 0.05) is 18.8 Å². The molecule has 6 atom stereocenters. The number of hydrogen-bond acceptors (Lipinski definition) is 5. The number of anilines is 2. The first-order valence-electron chi connectivity index (χ1n) is 15.3. The third-order valence-corrected chi connectivity index (χ3v) is 9.85. The summed E-state index contributed by atoms with van der Waals surface area (Å²) in [7, 11) is 0. The number of hydrogen-bond donors (Lipinski definition) is 1. The van der Waals surface area contributed by atoms with Crippen LogP contribution in [-0.2, 0) is 25.5 Å². The molecule has 1 spiro atoms. The molecule has 0 aromatic heterocycles. The number of fused-ring (bicyclic) bond motifs is 2. The number of rotatable bonds is 6. The molecule has 45 heavy (non-hydrogen) atoms. The van der Waals surface area contributed by atoms with Gasteiger partial charge in [0.1, 0.15) is 11.6 Å². The lowest BCUT2D eigenvalue weighted by molar-refractivity contribution is -0.144. The average molecular weight is 624 g/mol. The van der Waals surface area contributed by atoms with Crippen molar-refractivity contribution in [2.75, 3.05) is 29.5 Å². The van der Waals surface area contributed by atoms with E-state index in [1.807, 2.05) is 104 Å². The van der Waals surface area contributed by atoms with Gasteiger partial charge < -0.3 is 24.5 Å². The van der Waals surface area contributed by atoms with Crippen LogP contribution in [0.5, 0.6) is 0 Å². The van der Waals surface area contributed by atoms with Crippen LogP contribution in [0.2, 0.25) is 5.02 Å². The monoisotopic (exact) mass is 623 g/mol. The number of aliphatic hydroxyl groups excluding tert-OH is 1. The van der Waals surface area contributed by atoms with Gasteiger partial charge in [0.05, 0.1) is 41.3 Å². The van der Waals surface area contributed by atoms with Gasteiger partial charge >= 0.3 is 0 Å². The van der Waals surface area contributed by atoms with Gasteiger partial charge in [0.2, 0.25) is 11.8 Å². The molecule has 230 valence electrons. The summed E-state index contributed by atoms with van der Waals surface area (Å²) in [4.78, 5) is 48.9. The van der Waals surface area contributed by atoms with Crippen molar-refractivity contribution in [2.24, 2.45) is 11.8 Å². The maximum absolute atomic E-state index is 14.9. The number of aryl methyl sites for hydroxylation is 1. The molecule has 2 fully saturated rings. The minimum absolute atomic E-state index is 0.206. The Labute approximate surface area is 267 Å². The van der Waals surface area contributed by atoms with Gasteiger partial charge in [-0.05, 0) is 42.7 Å². The second-order valence-electron chi connectivity index (χ2n) is 12.1. The first kappa shape index (κ1) is 29.5. The van der Waals surface area contributed by atoms with Gasteiger partial charge in [0.25, 0.3) is 5.91 Å². The van der Waals surface area contributed by atoms with Gasteiger partial charge in [0.15, 0.2) is 0 Å². The second-order valence-corrected chi connectivity index (χ2v) is 12.5. The number of halogens is 1. The highest BCUT2D eigenvalue weighted by Gasteiger charge is 2.72. The zero-order valence-electron chi connectivity index (χ0n) is 24.8. The Morgan fingerprint density at radius 2 is 1.60 bits per heavy atom. The number of likely N-dealkylation sites (tertiary alicyclic amines) is 1. The van der Waals surface area contributed by atoms with Crippen LogP contribution in [0.4, 0.5) is 11.4 Å².